The molecule has 2 saturated heterocycles. The number of carbonyl (C=O) groups excluding carboxylic acids is 2. The van der Waals surface area contributed by atoms with Crippen molar-refractivity contribution in [1.29, 1.82) is 0 Å². The summed E-state index contributed by atoms with van der Waals surface area (Å²) in [6.45, 7) is 3.42. The quantitative estimate of drug-likeness (QED) is 0.0953. The van der Waals surface area contributed by atoms with Crippen LogP contribution in [0.2, 0.25) is 0 Å². The first-order valence-electron chi connectivity index (χ1n) is 24.1. The van der Waals surface area contributed by atoms with Crippen LogP contribution in [0.15, 0.2) is 97.1 Å². The molecular weight excluding hydrogens is 765 g/mol. The van der Waals surface area contributed by atoms with Crippen molar-refractivity contribution >= 4 is 24.2 Å². The molecule has 4 aromatic carbocycles. The van der Waals surface area contributed by atoms with Crippen LogP contribution in [0.5, 0.6) is 0 Å². The van der Waals surface area contributed by atoms with Crippen molar-refractivity contribution in [2.45, 2.75) is 139 Å². The molecule has 8 heteroatoms. The zero-order valence-electron chi connectivity index (χ0n) is 36.4. The van der Waals surface area contributed by atoms with Crippen LogP contribution >= 0.6 is 0 Å². The standard InChI is InChI=1S/C54H66N6O2/c61-53(57-43-23-19-39(20-24-43)31-33-59-49-27-28-50(59)46-6-2-1-5-45(46)49)55-35-41-15-11-37(12-16-41)9-10-38-13-17-42(18-14-38)36-56-54(62)58-44-25-21-40(22-26-44)32-34-60-51-29-30-52(60)48-8-4-3-7-47(48)51/h1-18,39-40,43-44,49-52H,19-36H2,(H2,55,57,61)(H2,56,58,62)/b10-9+/t39?,40?,43?,44?,49-,50+,51-,52+. The second-order valence-corrected chi connectivity index (χ2v) is 19.4. The summed E-state index contributed by atoms with van der Waals surface area (Å²) in [6, 6.07) is 37.8. The van der Waals surface area contributed by atoms with Crippen molar-refractivity contribution in [3.8, 4) is 0 Å². The summed E-state index contributed by atoms with van der Waals surface area (Å²) < 4.78 is 0. The van der Waals surface area contributed by atoms with E-state index in [1.165, 1.54) is 77.3 Å². The monoisotopic (exact) mass is 831 g/mol. The van der Waals surface area contributed by atoms with Gasteiger partial charge in [-0.15, -0.1) is 0 Å². The molecule has 4 N–H and O–H groups in total. The highest BCUT2D eigenvalue weighted by molar-refractivity contribution is 5.75. The van der Waals surface area contributed by atoms with E-state index in [4.69, 9.17) is 0 Å². The molecule has 6 aliphatic rings. The van der Waals surface area contributed by atoms with E-state index in [0.29, 0.717) is 37.3 Å². The first-order valence-corrected chi connectivity index (χ1v) is 24.1. The van der Waals surface area contributed by atoms with Gasteiger partial charge in [-0.1, -0.05) is 109 Å². The Bertz CT molecular complexity index is 1970. The van der Waals surface area contributed by atoms with Crippen LogP contribution in [0.25, 0.3) is 12.2 Å². The first-order chi connectivity index (χ1) is 30.5. The molecule has 4 atom stereocenters. The minimum atomic E-state index is -0.0670. The summed E-state index contributed by atoms with van der Waals surface area (Å²) >= 11 is 0. The van der Waals surface area contributed by atoms with E-state index in [2.05, 4.69) is 140 Å². The summed E-state index contributed by atoms with van der Waals surface area (Å²) in [6.07, 6.45) is 21.1. The van der Waals surface area contributed by atoms with Crippen molar-refractivity contribution < 1.29 is 9.59 Å². The van der Waals surface area contributed by atoms with Gasteiger partial charge in [-0.3, -0.25) is 9.80 Å². The average molecular weight is 831 g/mol. The number of nitrogens with one attached hydrogen (secondary N) is 4. The Morgan fingerprint density at radius 3 is 1.13 bits per heavy atom. The van der Waals surface area contributed by atoms with Crippen LogP contribution in [0.4, 0.5) is 9.59 Å². The van der Waals surface area contributed by atoms with Gasteiger partial charge in [0.05, 0.1) is 0 Å². The van der Waals surface area contributed by atoms with Gasteiger partial charge in [0.1, 0.15) is 0 Å². The van der Waals surface area contributed by atoms with E-state index >= 15 is 0 Å². The van der Waals surface area contributed by atoms with E-state index < -0.39 is 0 Å². The number of fused-ring (bicyclic) bond motifs is 10. The molecule has 0 aromatic heterocycles. The lowest BCUT2D eigenvalue weighted by Gasteiger charge is -2.31. The molecule has 4 amide bonds. The number of rotatable bonds is 14. The van der Waals surface area contributed by atoms with Crippen LogP contribution < -0.4 is 21.3 Å². The zero-order valence-corrected chi connectivity index (χ0v) is 36.4. The third kappa shape index (κ3) is 9.23. The third-order valence-electron chi connectivity index (χ3n) is 15.7. The average Bonchev–Trinajstić information content (AvgIpc) is 4.08. The van der Waals surface area contributed by atoms with Crippen LogP contribution in [0.1, 0.15) is 159 Å². The molecule has 0 unspecified atom stereocenters. The second-order valence-electron chi connectivity index (χ2n) is 19.4. The Labute approximate surface area is 369 Å². The van der Waals surface area contributed by atoms with Gasteiger partial charge in [0.2, 0.25) is 0 Å². The van der Waals surface area contributed by atoms with Crippen molar-refractivity contribution in [3.63, 3.8) is 0 Å². The summed E-state index contributed by atoms with van der Waals surface area (Å²) in [5, 5.41) is 12.7. The van der Waals surface area contributed by atoms with E-state index in [0.717, 1.165) is 59.8 Å². The fraction of sp³-hybridized carbons (Fsp3) is 0.481. The fourth-order valence-electron chi connectivity index (χ4n) is 12.3. The Hall–Kier alpha value is -4.92. The number of urea groups is 2. The first kappa shape index (κ1) is 41.1. The Morgan fingerprint density at radius 2 is 0.790 bits per heavy atom. The summed E-state index contributed by atoms with van der Waals surface area (Å²) in [7, 11) is 0. The molecule has 0 spiro atoms. The Kier molecular flexibility index (Phi) is 12.5. The number of carbonyl (C=O) groups is 2. The number of benzene rings is 4. The van der Waals surface area contributed by atoms with Gasteiger partial charge in [-0.05, 0) is 159 Å². The number of hydrogen-bond acceptors (Lipinski definition) is 4. The van der Waals surface area contributed by atoms with Crippen LogP contribution in [-0.2, 0) is 13.1 Å². The molecule has 4 aromatic rings. The third-order valence-corrected chi connectivity index (χ3v) is 15.7. The summed E-state index contributed by atoms with van der Waals surface area (Å²) in [5.41, 5.74) is 10.7. The van der Waals surface area contributed by atoms with Crippen molar-refractivity contribution in [2.24, 2.45) is 11.8 Å². The molecule has 4 aliphatic heterocycles. The molecule has 2 saturated carbocycles. The van der Waals surface area contributed by atoms with Gasteiger partial charge in [0.25, 0.3) is 0 Å². The lowest BCUT2D eigenvalue weighted by Crippen LogP contribution is -2.43. The van der Waals surface area contributed by atoms with Crippen molar-refractivity contribution in [3.05, 3.63) is 142 Å². The Balaban J connectivity index is 0.580. The molecule has 2 aliphatic carbocycles. The van der Waals surface area contributed by atoms with Crippen molar-refractivity contribution in [2.75, 3.05) is 13.1 Å². The second kappa shape index (κ2) is 18.8. The highest BCUT2D eigenvalue weighted by Crippen LogP contribution is 2.54. The lowest BCUT2D eigenvalue weighted by molar-refractivity contribution is 0.185. The number of nitrogens with zero attached hydrogens (tertiary/aromatic N) is 2. The van der Waals surface area contributed by atoms with Crippen LogP contribution in [0.3, 0.4) is 0 Å². The highest BCUT2D eigenvalue weighted by Gasteiger charge is 2.44. The maximum Gasteiger partial charge on any atom is 0.315 e. The molecule has 4 fully saturated rings. The highest BCUT2D eigenvalue weighted by atomic mass is 16.2. The molecule has 4 heterocycles. The zero-order chi connectivity index (χ0) is 41.8. The molecular formula is C54H66N6O2. The van der Waals surface area contributed by atoms with E-state index in [1.54, 1.807) is 22.3 Å². The molecule has 0 radical (unpaired) electrons. The van der Waals surface area contributed by atoms with Crippen LogP contribution in [0, 0.1) is 11.8 Å². The molecule has 10 rings (SSSR count). The predicted molar refractivity (Wildman–Crippen MR) is 249 cm³/mol. The normalized spacial score (nSPS) is 27.5. The number of amides is 4. The lowest BCUT2D eigenvalue weighted by atomic mass is 9.84. The smallest absolute Gasteiger partial charge is 0.315 e. The molecule has 4 bridgehead atoms. The molecule has 62 heavy (non-hydrogen) atoms. The van der Waals surface area contributed by atoms with E-state index in [9.17, 15) is 9.59 Å². The van der Waals surface area contributed by atoms with E-state index in [-0.39, 0.29) is 24.1 Å². The predicted octanol–water partition coefficient (Wildman–Crippen LogP) is 11.1. The van der Waals surface area contributed by atoms with Crippen LogP contribution in [-0.4, -0.2) is 47.0 Å². The SMILES string of the molecule is O=C(NCc1ccc(/C=C/c2ccc(CNC(=O)NC3CCC(CCN4[C@@H]5CC[C@H]4c4ccccc45)CC3)cc2)cc1)NC1CCC(CCN2[C@@H]3CC[C@H]2c2ccccc23)CC1. The summed E-state index contributed by atoms with van der Waals surface area (Å²) in [4.78, 5) is 31.1. The fourth-order valence-corrected chi connectivity index (χ4v) is 12.3. The van der Waals surface area contributed by atoms with Gasteiger partial charge in [-0.25, -0.2) is 9.59 Å². The maximum atomic E-state index is 12.8. The van der Waals surface area contributed by atoms with Gasteiger partial charge < -0.3 is 21.3 Å². The topological polar surface area (TPSA) is 88.7 Å². The van der Waals surface area contributed by atoms with Crippen molar-refractivity contribution in [1.82, 2.24) is 31.1 Å². The summed E-state index contributed by atoms with van der Waals surface area (Å²) in [5.74, 6) is 1.53. The number of hydrogen-bond donors (Lipinski definition) is 4. The minimum absolute atomic E-state index is 0.0670. The maximum absolute atomic E-state index is 12.8. The van der Waals surface area contributed by atoms with Gasteiger partial charge in [-0.2, -0.15) is 0 Å². The molecule has 8 nitrogen and oxygen atoms in total. The van der Waals surface area contributed by atoms with Gasteiger partial charge in [0.15, 0.2) is 0 Å². The minimum Gasteiger partial charge on any atom is -0.335 e. The largest absolute Gasteiger partial charge is 0.335 e. The Morgan fingerprint density at radius 1 is 0.452 bits per heavy atom. The van der Waals surface area contributed by atoms with Gasteiger partial charge >= 0.3 is 12.1 Å². The van der Waals surface area contributed by atoms with E-state index in [1.807, 2.05) is 0 Å². The molecule has 324 valence electrons. The van der Waals surface area contributed by atoms with Gasteiger partial charge in [0, 0.05) is 49.3 Å².